The number of hydrogen-bond acceptors (Lipinski definition) is 2. The second-order valence-corrected chi connectivity index (χ2v) is 6.51. The highest BCUT2D eigenvalue weighted by Gasteiger charge is 2.24. The lowest BCUT2D eigenvalue weighted by molar-refractivity contribution is 0.192. The third kappa shape index (κ3) is 3.27. The van der Waals surface area contributed by atoms with Crippen molar-refractivity contribution in [3.8, 4) is 5.75 Å². The van der Waals surface area contributed by atoms with Crippen molar-refractivity contribution in [1.29, 1.82) is 0 Å². The predicted molar refractivity (Wildman–Crippen MR) is 79.5 cm³/mol. The maximum atomic E-state index is 5.45. The van der Waals surface area contributed by atoms with Gasteiger partial charge in [-0.05, 0) is 31.9 Å². The van der Waals surface area contributed by atoms with E-state index in [0.717, 1.165) is 24.8 Å². The van der Waals surface area contributed by atoms with Crippen LogP contribution in [-0.4, -0.2) is 29.9 Å². The lowest BCUT2D eigenvalue weighted by Gasteiger charge is -2.34. The largest absolute Gasteiger partial charge is 0.496 e. The molecule has 0 aliphatic carbocycles. The number of piperidine rings is 1. The van der Waals surface area contributed by atoms with Gasteiger partial charge in [0, 0.05) is 23.5 Å². The Hall–Kier alpha value is -0.540. The molecule has 0 bridgehead atoms. The Morgan fingerprint density at radius 3 is 2.89 bits per heavy atom. The number of halogens is 1. The number of nitrogens with zero attached hydrogens (tertiary/aromatic N) is 1. The number of ether oxygens (including phenoxy) is 1. The van der Waals surface area contributed by atoms with E-state index in [2.05, 4.69) is 52.9 Å². The van der Waals surface area contributed by atoms with E-state index in [4.69, 9.17) is 4.74 Å². The molecule has 0 radical (unpaired) electrons. The van der Waals surface area contributed by atoms with Crippen LogP contribution in [0.25, 0.3) is 0 Å². The molecule has 0 spiro atoms. The van der Waals surface area contributed by atoms with Crippen LogP contribution >= 0.6 is 15.9 Å². The van der Waals surface area contributed by atoms with Crippen LogP contribution in [0.1, 0.15) is 24.5 Å². The molecule has 3 heteroatoms. The third-order valence-electron chi connectivity index (χ3n) is 3.78. The minimum atomic E-state index is 0.613. The molecule has 100 valence electrons. The summed E-state index contributed by atoms with van der Waals surface area (Å²) in [6, 6.07) is 6.41. The van der Waals surface area contributed by atoms with E-state index in [1.165, 1.54) is 24.1 Å². The molecule has 2 nitrogen and oxygen atoms in total. The first-order chi connectivity index (χ1) is 8.60. The van der Waals surface area contributed by atoms with E-state index in [-0.39, 0.29) is 0 Å². The van der Waals surface area contributed by atoms with Crippen molar-refractivity contribution < 1.29 is 4.74 Å². The SMILES string of the molecule is COc1ccc(C)cc1CN1CCC(C)C(Br)C1. The van der Waals surface area contributed by atoms with E-state index in [0.29, 0.717) is 4.83 Å². The van der Waals surface area contributed by atoms with Crippen LogP contribution in [0.2, 0.25) is 0 Å². The fourth-order valence-electron chi connectivity index (χ4n) is 2.50. The van der Waals surface area contributed by atoms with Gasteiger partial charge in [-0.3, -0.25) is 4.90 Å². The van der Waals surface area contributed by atoms with Crippen molar-refractivity contribution >= 4 is 15.9 Å². The highest BCUT2D eigenvalue weighted by Crippen LogP contribution is 2.27. The zero-order valence-electron chi connectivity index (χ0n) is 11.4. The van der Waals surface area contributed by atoms with Gasteiger partial charge < -0.3 is 4.74 Å². The van der Waals surface area contributed by atoms with Crippen LogP contribution in [0.5, 0.6) is 5.75 Å². The Balaban J connectivity index is 2.07. The second-order valence-electron chi connectivity index (χ2n) is 5.33. The molecule has 1 heterocycles. The standard InChI is InChI=1S/C15H22BrNO/c1-11-4-5-15(18-3)13(8-11)9-17-7-6-12(2)14(16)10-17/h4-5,8,12,14H,6-7,9-10H2,1-3H3. The van der Waals surface area contributed by atoms with E-state index >= 15 is 0 Å². The molecule has 1 aliphatic heterocycles. The monoisotopic (exact) mass is 311 g/mol. The molecule has 18 heavy (non-hydrogen) atoms. The maximum absolute atomic E-state index is 5.45. The van der Waals surface area contributed by atoms with Crippen LogP contribution in [0.3, 0.4) is 0 Å². The Morgan fingerprint density at radius 2 is 2.22 bits per heavy atom. The van der Waals surface area contributed by atoms with Gasteiger partial charge in [0.1, 0.15) is 5.75 Å². The molecule has 1 saturated heterocycles. The minimum absolute atomic E-state index is 0.613. The Bertz CT molecular complexity index is 407. The molecule has 1 fully saturated rings. The molecule has 2 atom stereocenters. The van der Waals surface area contributed by atoms with Crippen molar-refractivity contribution in [3.05, 3.63) is 29.3 Å². The molecule has 2 rings (SSSR count). The molecule has 0 N–H and O–H groups in total. The summed E-state index contributed by atoms with van der Waals surface area (Å²) in [4.78, 5) is 3.12. The van der Waals surface area contributed by atoms with Crippen LogP contribution in [0.15, 0.2) is 18.2 Å². The number of alkyl halides is 1. The first-order valence-corrected chi connectivity index (χ1v) is 7.51. The van der Waals surface area contributed by atoms with Gasteiger partial charge in [0.05, 0.1) is 7.11 Å². The molecule has 0 saturated carbocycles. The summed E-state index contributed by atoms with van der Waals surface area (Å²) in [7, 11) is 1.75. The Kier molecular flexibility index (Phi) is 4.68. The quantitative estimate of drug-likeness (QED) is 0.791. The fraction of sp³-hybridized carbons (Fsp3) is 0.600. The Morgan fingerprint density at radius 1 is 1.44 bits per heavy atom. The van der Waals surface area contributed by atoms with Crippen LogP contribution < -0.4 is 4.74 Å². The average Bonchev–Trinajstić information content (AvgIpc) is 2.34. The molecule has 1 aromatic rings. The summed E-state index contributed by atoms with van der Waals surface area (Å²) in [5, 5.41) is 0. The number of benzene rings is 1. The minimum Gasteiger partial charge on any atom is -0.496 e. The van der Waals surface area contributed by atoms with Crippen LogP contribution in [0.4, 0.5) is 0 Å². The molecule has 0 aromatic heterocycles. The number of likely N-dealkylation sites (tertiary alicyclic amines) is 1. The fourth-order valence-corrected chi connectivity index (χ4v) is 3.17. The van der Waals surface area contributed by atoms with Crippen LogP contribution in [-0.2, 0) is 6.54 Å². The van der Waals surface area contributed by atoms with Crippen molar-refractivity contribution in [2.45, 2.75) is 31.6 Å². The zero-order chi connectivity index (χ0) is 13.1. The van der Waals surface area contributed by atoms with E-state index in [1.54, 1.807) is 7.11 Å². The van der Waals surface area contributed by atoms with Crippen molar-refractivity contribution in [1.82, 2.24) is 4.90 Å². The van der Waals surface area contributed by atoms with Crippen molar-refractivity contribution in [2.75, 3.05) is 20.2 Å². The molecular formula is C15H22BrNO. The van der Waals surface area contributed by atoms with Gasteiger partial charge in [0.15, 0.2) is 0 Å². The summed E-state index contributed by atoms with van der Waals surface area (Å²) in [6.45, 7) is 7.75. The van der Waals surface area contributed by atoms with E-state index in [9.17, 15) is 0 Å². The predicted octanol–water partition coefficient (Wildman–Crippen LogP) is 3.61. The number of hydrogen-bond donors (Lipinski definition) is 0. The van der Waals surface area contributed by atoms with Gasteiger partial charge in [-0.2, -0.15) is 0 Å². The van der Waals surface area contributed by atoms with Crippen molar-refractivity contribution in [2.24, 2.45) is 5.92 Å². The average molecular weight is 312 g/mol. The smallest absolute Gasteiger partial charge is 0.123 e. The van der Waals surface area contributed by atoms with Gasteiger partial charge in [-0.15, -0.1) is 0 Å². The maximum Gasteiger partial charge on any atom is 0.123 e. The summed E-state index contributed by atoms with van der Waals surface area (Å²) in [6.07, 6.45) is 1.27. The summed E-state index contributed by atoms with van der Waals surface area (Å²) < 4.78 is 5.45. The molecule has 0 amide bonds. The molecule has 1 aliphatic rings. The van der Waals surface area contributed by atoms with Gasteiger partial charge in [-0.1, -0.05) is 40.5 Å². The number of rotatable bonds is 3. The van der Waals surface area contributed by atoms with E-state index in [1.807, 2.05) is 0 Å². The third-order valence-corrected chi connectivity index (χ3v) is 4.97. The highest BCUT2D eigenvalue weighted by atomic mass is 79.9. The molecule has 2 unspecified atom stereocenters. The van der Waals surface area contributed by atoms with Gasteiger partial charge >= 0.3 is 0 Å². The summed E-state index contributed by atoms with van der Waals surface area (Å²) >= 11 is 3.78. The lowest BCUT2D eigenvalue weighted by atomic mass is 9.98. The summed E-state index contributed by atoms with van der Waals surface area (Å²) in [5.41, 5.74) is 2.60. The summed E-state index contributed by atoms with van der Waals surface area (Å²) in [5.74, 6) is 1.78. The first kappa shape index (κ1) is 13.9. The second kappa shape index (κ2) is 6.07. The highest BCUT2D eigenvalue weighted by molar-refractivity contribution is 9.09. The zero-order valence-corrected chi connectivity index (χ0v) is 13.0. The van der Waals surface area contributed by atoms with Gasteiger partial charge in [-0.25, -0.2) is 0 Å². The molecule has 1 aromatic carbocycles. The van der Waals surface area contributed by atoms with E-state index < -0.39 is 0 Å². The van der Waals surface area contributed by atoms with Crippen molar-refractivity contribution in [3.63, 3.8) is 0 Å². The number of aryl methyl sites for hydroxylation is 1. The molecular weight excluding hydrogens is 290 g/mol. The van der Waals surface area contributed by atoms with Crippen LogP contribution in [0, 0.1) is 12.8 Å². The lowest BCUT2D eigenvalue weighted by Crippen LogP contribution is -2.39. The van der Waals surface area contributed by atoms with Gasteiger partial charge in [0.2, 0.25) is 0 Å². The normalized spacial score (nSPS) is 25.1. The number of methoxy groups -OCH3 is 1. The Labute approximate surface area is 118 Å². The first-order valence-electron chi connectivity index (χ1n) is 6.60. The van der Waals surface area contributed by atoms with Gasteiger partial charge in [0.25, 0.3) is 0 Å². The topological polar surface area (TPSA) is 12.5 Å².